The lowest BCUT2D eigenvalue weighted by atomic mass is 10.2. The highest BCUT2D eigenvalue weighted by Crippen LogP contribution is 2.38. The highest BCUT2D eigenvalue weighted by molar-refractivity contribution is 7.99. The van der Waals surface area contributed by atoms with Crippen LogP contribution < -0.4 is 4.74 Å². The van der Waals surface area contributed by atoms with Crippen molar-refractivity contribution >= 4 is 23.4 Å². The first kappa shape index (κ1) is 17.3. The number of nitrogens with zero attached hydrogens (tertiary/aromatic N) is 1. The van der Waals surface area contributed by atoms with Gasteiger partial charge in [0.05, 0.1) is 29.0 Å². The SMILES string of the molecule is COC(=O)C(C)CSc1cccc(OC(C)C)c1[N+](=O)[O-]. The van der Waals surface area contributed by atoms with Gasteiger partial charge in [-0.05, 0) is 26.0 Å². The van der Waals surface area contributed by atoms with Crippen LogP contribution in [0.15, 0.2) is 23.1 Å². The summed E-state index contributed by atoms with van der Waals surface area (Å²) in [5.74, 6) is -0.0294. The molecule has 1 aromatic rings. The maximum Gasteiger partial charge on any atom is 0.324 e. The van der Waals surface area contributed by atoms with Gasteiger partial charge in [0.1, 0.15) is 0 Å². The number of nitro groups is 1. The topological polar surface area (TPSA) is 78.7 Å². The van der Waals surface area contributed by atoms with Crippen molar-refractivity contribution in [1.82, 2.24) is 0 Å². The Morgan fingerprint density at radius 3 is 2.57 bits per heavy atom. The van der Waals surface area contributed by atoms with Crippen LogP contribution in [0.2, 0.25) is 0 Å². The van der Waals surface area contributed by atoms with Crippen molar-refractivity contribution in [3.05, 3.63) is 28.3 Å². The Labute approximate surface area is 128 Å². The van der Waals surface area contributed by atoms with Crippen LogP contribution in [-0.4, -0.2) is 29.9 Å². The number of methoxy groups -OCH3 is 1. The number of hydrogen-bond acceptors (Lipinski definition) is 6. The zero-order chi connectivity index (χ0) is 16.0. The normalized spacial score (nSPS) is 12.0. The molecule has 0 spiro atoms. The van der Waals surface area contributed by atoms with E-state index in [0.29, 0.717) is 10.6 Å². The Bertz CT molecular complexity index is 518. The van der Waals surface area contributed by atoms with Crippen molar-refractivity contribution < 1.29 is 19.2 Å². The molecule has 1 aromatic carbocycles. The van der Waals surface area contributed by atoms with Crippen LogP contribution in [0.5, 0.6) is 5.75 Å². The molecule has 0 N–H and O–H groups in total. The highest BCUT2D eigenvalue weighted by Gasteiger charge is 2.23. The zero-order valence-corrected chi connectivity index (χ0v) is 13.3. The molecule has 0 saturated carbocycles. The summed E-state index contributed by atoms with van der Waals surface area (Å²) in [5, 5.41) is 11.3. The van der Waals surface area contributed by atoms with Crippen molar-refractivity contribution in [2.45, 2.75) is 31.8 Å². The summed E-state index contributed by atoms with van der Waals surface area (Å²) in [5.41, 5.74) is -0.0618. The summed E-state index contributed by atoms with van der Waals surface area (Å²) in [4.78, 5) is 22.7. The fraction of sp³-hybridized carbons (Fsp3) is 0.500. The molecule has 0 saturated heterocycles. The van der Waals surface area contributed by atoms with Crippen molar-refractivity contribution in [3.8, 4) is 5.75 Å². The van der Waals surface area contributed by atoms with E-state index in [1.165, 1.54) is 18.9 Å². The molecule has 0 aliphatic heterocycles. The minimum absolute atomic E-state index is 0.0618. The summed E-state index contributed by atoms with van der Waals surface area (Å²) >= 11 is 1.25. The molecule has 6 nitrogen and oxygen atoms in total. The van der Waals surface area contributed by atoms with E-state index in [-0.39, 0.29) is 29.4 Å². The second-order valence-electron chi connectivity index (χ2n) is 4.76. The fourth-order valence-electron chi connectivity index (χ4n) is 1.63. The van der Waals surface area contributed by atoms with Gasteiger partial charge in [-0.25, -0.2) is 0 Å². The van der Waals surface area contributed by atoms with E-state index in [1.807, 2.05) is 13.8 Å². The largest absolute Gasteiger partial charge is 0.484 e. The maximum absolute atomic E-state index is 11.4. The smallest absolute Gasteiger partial charge is 0.324 e. The Balaban J connectivity index is 2.96. The van der Waals surface area contributed by atoms with Gasteiger partial charge in [0.25, 0.3) is 0 Å². The molecule has 116 valence electrons. The van der Waals surface area contributed by atoms with Crippen LogP contribution in [0, 0.1) is 16.0 Å². The lowest BCUT2D eigenvalue weighted by Crippen LogP contribution is -2.15. The van der Waals surface area contributed by atoms with Gasteiger partial charge in [0, 0.05) is 5.75 Å². The highest BCUT2D eigenvalue weighted by atomic mass is 32.2. The number of ether oxygens (including phenoxy) is 2. The van der Waals surface area contributed by atoms with E-state index in [1.54, 1.807) is 25.1 Å². The molecule has 1 unspecified atom stereocenters. The van der Waals surface area contributed by atoms with Crippen molar-refractivity contribution in [2.24, 2.45) is 5.92 Å². The maximum atomic E-state index is 11.4. The second kappa shape index (κ2) is 7.87. The third kappa shape index (κ3) is 4.93. The van der Waals surface area contributed by atoms with Gasteiger partial charge in [0.2, 0.25) is 0 Å². The van der Waals surface area contributed by atoms with Crippen LogP contribution in [-0.2, 0) is 9.53 Å². The summed E-state index contributed by atoms with van der Waals surface area (Å²) in [7, 11) is 1.32. The molecule has 21 heavy (non-hydrogen) atoms. The van der Waals surface area contributed by atoms with E-state index in [2.05, 4.69) is 4.74 Å². The van der Waals surface area contributed by atoms with E-state index in [0.717, 1.165) is 0 Å². The number of thioether (sulfide) groups is 1. The lowest BCUT2D eigenvalue weighted by molar-refractivity contribution is -0.388. The lowest BCUT2D eigenvalue weighted by Gasteiger charge is -2.13. The molecule has 0 aromatic heterocycles. The number of rotatable bonds is 7. The summed E-state index contributed by atoms with van der Waals surface area (Å²) in [6.07, 6.45) is -0.155. The van der Waals surface area contributed by atoms with Gasteiger partial charge in [-0.1, -0.05) is 13.0 Å². The quantitative estimate of drug-likeness (QED) is 0.333. The number of hydrogen-bond donors (Lipinski definition) is 0. The number of nitro benzene ring substituents is 1. The van der Waals surface area contributed by atoms with Crippen LogP contribution >= 0.6 is 11.8 Å². The van der Waals surface area contributed by atoms with Gasteiger partial charge in [0.15, 0.2) is 5.75 Å². The molecule has 0 aliphatic rings. The fourth-order valence-corrected chi connectivity index (χ4v) is 2.68. The van der Waals surface area contributed by atoms with E-state index in [9.17, 15) is 14.9 Å². The molecule has 1 atom stereocenters. The molecule has 0 heterocycles. The van der Waals surface area contributed by atoms with Crippen LogP contribution in [0.25, 0.3) is 0 Å². The number of carbonyl (C=O) groups is 1. The summed E-state index contributed by atoms with van der Waals surface area (Å²) in [6, 6.07) is 4.93. The molecule has 0 amide bonds. The van der Waals surface area contributed by atoms with Gasteiger partial charge < -0.3 is 9.47 Å². The van der Waals surface area contributed by atoms with Crippen molar-refractivity contribution in [1.29, 1.82) is 0 Å². The molecule has 0 radical (unpaired) electrons. The van der Waals surface area contributed by atoms with E-state index in [4.69, 9.17) is 4.74 Å². The molecular formula is C14H19NO5S. The van der Waals surface area contributed by atoms with Crippen molar-refractivity contribution in [2.75, 3.05) is 12.9 Å². The van der Waals surface area contributed by atoms with Gasteiger partial charge in [-0.3, -0.25) is 14.9 Å². The average Bonchev–Trinajstić information content (AvgIpc) is 2.42. The number of para-hydroxylation sites is 1. The molecule has 1 rings (SSSR count). The number of carbonyl (C=O) groups excluding carboxylic acids is 1. The van der Waals surface area contributed by atoms with E-state index >= 15 is 0 Å². The standard InChI is InChI=1S/C14H19NO5S/c1-9(2)20-11-6-5-7-12(13(11)15(17)18)21-8-10(3)14(16)19-4/h5-7,9-10H,8H2,1-4H3. The molecular weight excluding hydrogens is 294 g/mol. The minimum Gasteiger partial charge on any atom is -0.484 e. The predicted octanol–water partition coefficient (Wildman–Crippen LogP) is 3.28. The summed E-state index contributed by atoms with van der Waals surface area (Å²) < 4.78 is 10.1. The zero-order valence-electron chi connectivity index (χ0n) is 12.5. The second-order valence-corrected chi connectivity index (χ2v) is 5.82. The van der Waals surface area contributed by atoms with Crippen LogP contribution in [0.3, 0.4) is 0 Å². The molecule has 7 heteroatoms. The average molecular weight is 313 g/mol. The third-order valence-corrected chi connectivity index (χ3v) is 3.91. The first-order valence-corrected chi connectivity index (χ1v) is 7.50. The first-order valence-electron chi connectivity index (χ1n) is 6.51. The van der Waals surface area contributed by atoms with Gasteiger partial charge in [-0.15, -0.1) is 11.8 Å². The Morgan fingerprint density at radius 2 is 2.05 bits per heavy atom. The Hall–Kier alpha value is -1.76. The molecule has 0 fully saturated rings. The van der Waals surface area contributed by atoms with Crippen LogP contribution in [0.1, 0.15) is 20.8 Å². The van der Waals surface area contributed by atoms with Crippen LogP contribution in [0.4, 0.5) is 5.69 Å². The van der Waals surface area contributed by atoms with E-state index < -0.39 is 4.92 Å². The first-order chi connectivity index (χ1) is 9.86. The monoisotopic (exact) mass is 313 g/mol. The van der Waals surface area contributed by atoms with Crippen molar-refractivity contribution in [3.63, 3.8) is 0 Å². The molecule has 0 aliphatic carbocycles. The summed E-state index contributed by atoms with van der Waals surface area (Å²) in [6.45, 7) is 5.34. The third-order valence-electron chi connectivity index (χ3n) is 2.60. The number of esters is 1. The molecule has 0 bridgehead atoms. The Kier molecular flexibility index (Phi) is 6.48. The number of benzene rings is 1. The van der Waals surface area contributed by atoms with Gasteiger partial charge >= 0.3 is 11.7 Å². The van der Waals surface area contributed by atoms with Gasteiger partial charge in [-0.2, -0.15) is 0 Å². The Morgan fingerprint density at radius 1 is 1.38 bits per heavy atom. The minimum atomic E-state index is -0.456. The predicted molar refractivity (Wildman–Crippen MR) is 80.8 cm³/mol.